The molecule has 1 atom stereocenters. The van der Waals surface area contributed by atoms with Crippen molar-refractivity contribution >= 4 is 5.91 Å². The molecule has 0 heterocycles. The molecule has 1 aromatic carbocycles. The van der Waals surface area contributed by atoms with Crippen LogP contribution in [0.1, 0.15) is 32.8 Å². The third kappa shape index (κ3) is 6.97. The molecule has 2 N–H and O–H groups in total. The average Bonchev–Trinajstić information content (AvgIpc) is 2.42. The standard InChI is InChI=1S/C16H26N2O/c1-4-15(10-14-8-6-5-7-9-14)17-12-16(19)18-11-13(2)3/h5-9,13,15,17H,4,10-12H2,1-3H3,(H,18,19). The van der Waals surface area contributed by atoms with Gasteiger partial charge in [0.1, 0.15) is 0 Å². The molecule has 1 unspecified atom stereocenters. The second-order valence-electron chi connectivity index (χ2n) is 5.37. The van der Waals surface area contributed by atoms with Gasteiger partial charge in [-0.05, 0) is 24.3 Å². The highest BCUT2D eigenvalue weighted by atomic mass is 16.1. The van der Waals surface area contributed by atoms with E-state index in [-0.39, 0.29) is 5.91 Å². The number of rotatable bonds is 8. The number of carbonyl (C=O) groups is 1. The van der Waals surface area contributed by atoms with Crippen molar-refractivity contribution in [2.24, 2.45) is 5.92 Å². The molecule has 0 aromatic heterocycles. The minimum absolute atomic E-state index is 0.0835. The van der Waals surface area contributed by atoms with E-state index in [4.69, 9.17) is 0 Å². The van der Waals surface area contributed by atoms with Gasteiger partial charge in [0.05, 0.1) is 6.54 Å². The van der Waals surface area contributed by atoms with Crippen LogP contribution >= 0.6 is 0 Å². The lowest BCUT2D eigenvalue weighted by molar-refractivity contribution is -0.120. The fourth-order valence-electron chi connectivity index (χ4n) is 1.88. The van der Waals surface area contributed by atoms with E-state index in [9.17, 15) is 4.79 Å². The largest absolute Gasteiger partial charge is 0.355 e. The van der Waals surface area contributed by atoms with E-state index >= 15 is 0 Å². The van der Waals surface area contributed by atoms with E-state index < -0.39 is 0 Å². The van der Waals surface area contributed by atoms with Crippen molar-refractivity contribution in [1.29, 1.82) is 0 Å². The molecule has 0 aliphatic heterocycles. The Morgan fingerprint density at radius 1 is 1.21 bits per heavy atom. The Bertz CT molecular complexity index is 362. The van der Waals surface area contributed by atoms with Crippen LogP contribution in [0.5, 0.6) is 0 Å². The summed E-state index contributed by atoms with van der Waals surface area (Å²) < 4.78 is 0. The predicted octanol–water partition coefficient (Wildman–Crippen LogP) is 2.37. The summed E-state index contributed by atoms with van der Waals surface area (Å²) in [5.74, 6) is 0.579. The molecule has 0 fully saturated rings. The van der Waals surface area contributed by atoms with Gasteiger partial charge in [-0.2, -0.15) is 0 Å². The fourth-order valence-corrected chi connectivity index (χ4v) is 1.88. The summed E-state index contributed by atoms with van der Waals surface area (Å²) in [5, 5.41) is 6.25. The first-order chi connectivity index (χ1) is 9.11. The second-order valence-corrected chi connectivity index (χ2v) is 5.37. The van der Waals surface area contributed by atoms with Crippen molar-refractivity contribution in [3.05, 3.63) is 35.9 Å². The van der Waals surface area contributed by atoms with Crippen molar-refractivity contribution < 1.29 is 4.79 Å². The Hall–Kier alpha value is -1.35. The molecular weight excluding hydrogens is 236 g/mol. The summed E-state index contributed by atoms with van der Waals surface area (Å²) in [6.07, 6.45) is 1.99. The molecule has 1 amide bonds. The minimum atomic E-state index is 0.0835. The molecule has 0 bridgehead atoms. The zero-order valence-corrected chi connectivity index (χ0v) is 12.3. The first-order valence-electron chi connectivity index (χ1n) is 7.15. The summed E-state index contributed by atoms with van der Waals surface area (Å²) in [7, 11) is 0. The monoisotopic (exact) mass is 262 g/mol. The maximum absolute atomic E-state index is 11.6. The average molecular weight is 262 g/mol. The number of hydrogen-bond acceptors (Lipinski definition) is 2. The van der Waals surface area contributed by atoms with E-state index in [2.05, 4.69) is 55.7 Å². The molecule has 0 aliphatic rings. The molecule has 106 valence electrons. The number of amides is 1. The molecule has 1 rings (SSSR count). The van der Waals surface area contributed by atoms with Crippen molar-refractivity contribution in [3.63, 3.8) is 0 Å². The van der Waals surface area contributed by atoms with Crippen LogP contribution in [0, 0.1) is 5.92 Å². The first kappa shape index (κ1) is 15.7. The Kier molecular flexibility index (Phi) is 7.19. The third-order valence-corrected chi connectivity index (χ3v) is 3.08. The Balaban J connectivity index is 2.31. The Morgan fingerprint density at radius 2 is 1.89 bits per heavy atom. The number of benzene rings is 1. The lowest BCUT2D eigenvalue weighted by Gasteiger charge is -2.17. The lowest BCUT2D eigenvalue weighted by Crippen LogP contribution is -2.40. The molecule has 0 radical (unpaired) electrons. The summed E-state index contributed by atoms with van der Waals surface area (Å²) in [6, 6.07) is 10.7. The van der Waals surface area contributed by atoms with Gasteiger partial charge >= 0.3 is 0 Å². The molecular formula is C16H26N2O. The van der Waals surface area contributed by atoms with Gasteiger partial charge in [-0.25, -0.2) is 0 Å². The van der Waals surface area contributed by atoms with Crippen LogP contribution in [0.25, 0.3) is 0 Å². The zero-order valence-electron chi connectivity index (χ0n) is 12.3. The number of nitrogens with one attached hydrogen (secondary N) is 2. The van der Waals surface area contributed by atoms with Gasteiger partial charge in [0.15, 0.2) is 0 Å². The van der Waals surface area contributed by atoms with Gasteiger partial charge in [-0.3, -0.25) is 4.79 Å². The molecule has 0 aliphatic carbocycles. The fraction of sp³-hybridized carbons (Fsp3) is 0.562. The highest BCUT2D eigenvalue weighted by Gasteiger charge is 2.09. The zero-order chi connectivity index (χ0) is 14.1. The summed E-state index contributed by atoms with van der Waals surface area (Å²) in [6.45, 7) is 7.48. The van der Waals surface area contributed by atoms with Crippen LogP contribution in [-0.2, 0) is 11.2 Å². The topological polar surface area (TPSA) is 41.1 Å². The van der Waals surface area contributed by atoms with Crippen LogP contribution in [0.4, 0.5) is 0 Å². The van der Waals surface area contributed by atoms with E-state index in [0.717, 1.165) is 19.4 Å². The van der Waals surface area contributed by atoms with Crippen LogP contribution < -0.4 is 10.6 Å². The normalized spacial score (nSPS) is 12.4. The van der Waals surface area contributed by atoms with Gasteiger partial charge < -0.3 is 10.6 Å². The summed E-state index contributed by atoms with van der Waals surface area (Å²) in [5.41, 5.74) is 1.31. The second kappa shape index (κ2) is 8.70. The summed E-state index contributed by atoms with van der Waals surface area (Å²) in [4.78, 5) is 11.6. The van der Waals surface area contributed by atoms with Crippen LogP contribution in [0.15, 0.2) is 30.3 Å². The highest BCUT2D eigenvalue weighted by Crippen LogP contribution is 2.05. The van der Waals surface area contributed by atoms with Gasteiger partial charge in [-0.1, -0.05) is 51.1 Å². The molecule has 19 heavy (non-hydrogen) atoms. The molecule has 0 saturated heterocycles. The van der Waals surface area contributed by atoms with Crippen molar-refractivity contribution in [2.45, 2.75) is 39.7 Å². The molecule has 0 spiro atoms. The molecule has 3 heteroatoms. The number of hydrogen-bond donors (Lipinski definition) is 2. The lowest BCUT2D eigenvalue weighted by atomic mass is 10.0. The van der Waals surface area contributed by atoms with Crippen molar-refractivity contribution in [1.82, 2.24) is 10.6 Å². The minimum Gasteiger partial charge on any atom is -0.355 e. The van der Waals surface area contributed by atoms with Crippen LogP contribution in [0.3, 0.4) is 0 Å². The van der Waals surface area contributed by atoms with E-state index in [1.165, 1.54) is 5.56 Å². The SMILES string of the molecule is CCC(Cc1ccccc1)NCC(=O)NCC(C)C. The Morgan fingerprint density at radius 3 is 2.47 bits per heavy atom. The third-order valence-electron chi connectivity index (χ3n) is 3.08. The van der Waals surface area contributed by atoms with Crippen molar-refractivity contribution in [3.8, 4) is 0 Å². The highest BCUT2D eigenvalue weighted by molar-refractivity contribution is 5.77. The smallest absolute Gasteiger partial charge is 0.233 e. The molecule has 1 aromatic rings. The quantitative estimate of drug-likeness (QED) is 0.755. The Labute approximate surface area is 116 Å². The van der Waals surface area contributed by atoms with Crippen LogP contribution in [0.2, 0.25) is 0 Å². The number of carbonyl (C=O) groups excluding carboxylic acids is 1. The molecule has 3 nitrogen and oxygen atoms in total. The van der Waals surface area contributed by atoms with Gasteiger partial charge in [0, 0.05) is 12.6 Å². The predicted molar refractivity (Wildman–Crippen MR) is 80.1 cm³/mol. The molecule has 0 saturated carbocycles. The van der Waals surface area contributed by atoms with Crippen LogP contribution in [-0.4, -0.2) is 25.0 Å². The van der Waals surface area contributed by atoms with Gasteiger partial charge in [0.2, 0.25) is 5.91 Å². The first-order valence-corrected chi connectivity index (χ1v) is 7.15. The van der Waals surface area contributed by atoms with Gasteiger partial charge in [-0.15, -0.1) is 0 Å². The van der Waals surface area contributed by atoms with Gasteiger partial charge in [0.25, 0.3) is 0 Å². The van der Waals surface area contributed by atoms with E-state index in [0.29, 0.717) is 18.5 Å². The van der Waals surface area contributed by atoms with E-state index in [1.54, 1.807) is 0 Å². The maximum Gasteiger partial charge on any atom is 0.233 e. The maximum atomic E-state index is 11.6. The van der Waals surface area contributed by atoms with E-state index in [1.807, 2.05) is 6.07 Å². The summed E-state index contributed by atoms with van der Waals surface area (Å²) >= 11 is 0. The van der Waals surface area contributed by atoms with Crippen molar-refractivity contribution in [2.75, 3.05) is 13.1 Å².